The smallest absolute Gasteiger partial charge is 0.264 e. The lowest BCUT2D eigenvalue weighted by Crippen LogP contribution is -2.39. The van der Waals surface area contributed by atoms with Crippen molar-refractivity contribution in [3.63, 3.8) is 0 Å². The van der Waals surface area contributed by atoms with Crippen molar-refractivity contribution >= 4 is 55.4 Å². The standard InChI is InChI=1S/C25H25BrClN3O6S/c1-4-36-20-9-7-19(8-10-20)30(37(32,33)21-11-5-18(27)6-12-21)16-24(31)29-28-15-17-13-22(26)25(35-3)23(14-17)34-2/h5-15H,4,16H2,1-3H3,(H,29,31)/b28-15-. The van der Waals surface area contributed by atoms with Gasteiger partial charge in [-0.2, -0.15) is 5.10 Å². The summed E-state index contributed by atoms with van der Waals surface area (Å²) in [5.74, 6) is 0.912. The number of amides is 1. The van der Waals surface area contributed by atoms with Crippen LogP contribution in [0.25, 0.3) is 0 Å². The molecular weight excluding hydrogens is 586 g/mol. The Labute approximate surface area is 229 Å². The lowest BCUT2D eigenvalue weighted by molar-refractivity contribution is -0.119. The number of ether oxygens (including phenoxy) is 3. The molecule has 0 radical (unpaired) electrons. The zero-order valence-electron chi connectivity index (χ0n) is 20.3. The zero-order chi connectivity index (χ0) is 27.0. The first-order valence-corrected chi connectivity index (χ1v) is 13.5. The minimum absolute atomic E-state index is 0.0164. The second-order valence-corrected chi connectivity index (χ2v) is 10.6. The maximum absolute atomic E-state index is 13.5. The van der Waals surface area contributed by atoms with Crippen LogP contribution in [0.2, 0.25) is 5.02 Å². The molecule has 0 aromatic heterocycles. The molecule has 3 rings (SSSR count). The molecule has 37 heavy (non-hydrogen) atoms. The van der Waals surface area contributed by atoms with Crippen LogP contribution in [0.3, 0.4) is 0 Å². The highest BCUT2D eigenvalue weighted by molar-refractivity contribution is 9.10. The lowest BCUT2D eigenvalue weighted by atomic mass is 10.2. The van der Waals surface area contributed by atoms with E-state index in [0.717, 1.165) is 4.31 Å². The summed E-state index contributed by atoms with van der Waals surface area (Å²) in [6.45, 7) is 1.78. The van der Waals surface area contributed by atoms with Crippen molar-refractivity contribution < 1.29 is 27.4 Å². The number of hydrazone groups is 1. The fraction of sp³-hybridized carbons (Fsp3) is 0.200. The van der Waals surface area contributed by atoms with Crippen molar-refractivity contribution in [2.24, 2.45) is 5.10 Å². The number of nitrogens with zero attached hydrogens (tertiary/aromatic N) is 2. The Bertz CT molecular complexity index is 1370. The van der Waals surface area contributed by atoms with E-state index in [0.29, 0.717) is 38.9 Å². The van der Waals surface area contributed by atoms with Gasteiger partial charge in [-0.1, -0.05) is 11.6 Å². The average Bonchev–Trinajstić information content (AvgIpc) is 2.88. The number of rotatable bonds is 11. The summed E-state index contributed by atoms with van der Waals surface area (Å²) in [4.78, 5) is 12.8. The Hall–Kier alpha value is -3.28. The van der Waals surface area contributed by atoms with Crippen molar-refractivity contribution in [1.29, 1.82) is 0 Å². The Morgan fingerprint density at radius 2 is 1.76 bits per heavy atom. The van der Waals surface area contributed by atoms with Crippen molar-refractivity contribution in [2.45, 2.75) is 11.8 Å². The van der Waals surface area contributed by atoms with Crippen molar-refractivity contribution in [3.8, 4) is 17.2 Å². The average molecular weight is 611 g/mol. The van der Waals surface area contributed by atoms with Gasteiger partial charge in [-0.05, 0) is 89.1 Å². The van der Waals surface area contributed by atoms with E-state index in [2.05, 4.69) is 26.5 Å². The second-order valence-electron chi connectivity index (χ2n) is 7.42. The van der Waals surface area contributed by atoms with Crippen LogP contribution in [0.4, 0.5) is 5.69 Å². The summed E-state index contributed by atoms with van der Waals surface area (Å²) in [6, 6.07) is 15.5. The van der Waals surface area contributed by atoms with Gasteiger partial charge in [0.2, 0.25) is 0 Å². The molecule has 0 atom stereocenters. The number of carbonyl (C=O) groups excluding carboxylic acids is 1. The third-order valence-corrected chi connectivity index (χ3v) is 7.61. The molecule has 0 heterocycles. The first kappa shape index (κ1) is 28.3. The monoisotopic (exact) mass is 609 g/mol. The molecule has 0 saturated heterocycles. The molecule has 0 fully saturated rings. The van der Waals surface area contributed by atoms with Gasteiger partial charge in [0, 0.05) is 5.02 Å². The first-order chi connectivity index (χ1) is 17.7. The van der Waals surface area contributed by atoms with Crippen LogP contribution in [0.15, 0.2) is 75.1 Å². The maximum Gasteiger partial charge on any atom is 0.264 e. The van der Waals surface area contributed by atoms with Crippen molar-refractivity contribution in [1.82, 2.24) is 5.43 Å². The molecule has 0 spiro atoms. The van der Waals surface area contributed by atoms with Crippen molar-refractivity contribution in [2.75, 3.05) is 31.7 Å². The Morgan fingerprint density at radius 3 is 2.35 bits per heavy atom. The zero-order valence-corrected chi connectivity index (χ0v) is 23.4. The predicted octanol–water partition coefficient (Wildman–Crippen LogP) is 4.86. The molecule has 3 aromatic rings. The summed E-state index contributed by atoms with van der Waals surface area (Å²) in [5, 5.41) is 4.35. The minimum atomic E-state index is -4.11. The Kier molecular flexibility index (Phi) is 9.79. The molecule has 196 valence electrons. The van der Waals surface area contributed by atoms with E-state index in [-0.39, 0.29) is 10.6 Å². The molecule has 1 amide bonds. The van der Waals surface area contributed by atoms with E-state index >= 15 is 0 Å². The number of hydrogen-bond acceptors (Lipinski definition) is 7. The number of sulfonamides is 1. The van der Waals surface area contributed by atoms with Crippen LogP contribution in [-0.2, 0) is 14.8 Å². The van der Waals surface area contributed by atoms with E-state index in [1.807, 2.05) is 6.92 Å². The highest BCUT2D eigenvalue weighted by Crippen LogP contribution is 2.35. The highest BCUT2D eigenvalue weighted by atomic mass is 79.9. The maximum atomic E-state index is 13.5. The van der Waals surface area contributed by atoms with E-state index in [9.17, 15) is 13.2 Å². The summed E-state index contributed by atoms with van der Waals surface area (Å²) < 4.78 is 44.6. The molecule has 0 aliphatic rings. The summed E-state index contributed by atoms with van der Waals surface area (Å²) in [7, 11) is -1.08. The number of carbonyl (C=O) groups is 1. The Morgan fingerprint density at radius 1 is 1.08 bits per heavy atom. The number of nitrogens with one attached hydrogen (secondary N) is 1. The summed E-state index contributed by atoms with van der Waals surface area (Å²) >= 11 is 9.32. The minimum Gasteiger partial charge on any atom is -0.494 e. The third kappa shape index (κ3) is 7.15. The van der Waals surface area contributed by atoms with Gasteiger partial charge in [-0.25, -0.2) is 13.8 Å². The van der Waals surface area contributed by atoms with Crippen LogP contribution in [0.5, 0.6) is 17.2 Å². The van der Waals surface area contributed by atoms with E-state index in [1.165, 1.54) is 44.7 Å². The molecule has 12 heteroatoms. The van der Waals surface area contributed by atoms with Gasteiger partial charge in [0.05, 0.1) is 42.1 Å². The molecular formula is C25H25BrClN3O6S. The van der Waals surface area contributed by atoms with E-state index < -0.39 is 22.5 Å². The normalized spacial score (nSPS) is 11.3. The highest BCUT2D eigenvalue weighted by Gasteiger charge is 2.27. The fourth-order valence-corrected chi connectivity index (χ4v) is 5.45. The third-order valence-electron chi connectivity index (χ3n) is 4.98. The fourth-order valence-electron chi connectivity index (χ4n) is 3.28. The molecule has 0 bridgehead atoms. The first-order valence-electron chi connectivity index (χ1n) is 10.9. The van der Waals surface area contributed by atoms with Crippen LogP contribution in [-0.4, -0.2) is 47.9 Å². The number of benzene rings is 3. The van der Waals surface area contributed by atoms with Gasteiger partial charge >= 0.3 is 0 Å². The lowest BCUT2D eigenvalue weighted by Gasteiger charge is -2.24. The van der Waals surface area contributed by atoms with Crippen molar-refractivity contribution in [3.05, 3.63) is 75.7 Å². The van der Waals surface area contributed by atoms with E-state index in [4.69, 9.17) is 25.8 Å². The summed E-state index contributed by atoms with van der Waals surface area (Å²) in [6.07, 6.45) is 1.40. The second kappa shape index (κ2) is 12.8. The number of halogens is 2. The molecule has 0 aliphatic heterocycles. The number of hydrogen-bond donors (Lipinski definition) is 1. The van der Waals surface area contributed by atoms with Crippen LogP contribution in [0.1, 0.15) is 12.5 Å². The van der Waals surface area contributed by atoms with Gasteiger partial charge < -0.3 is 14.2 Å². The Balaban J connectivity index is 1.84. The molecule has 9 nitrogen and oxygen atoms in total. The summed E-state index contributed by atoms with van der Waals surface area (Å²) in [5.41, 5.74) is 3.26. The SMILES string of the molecule is CCOc1ccc(N(CC(=O)N/N=C\c2cc(Br)c(OC)c(OC)c2)S(=O)(=O)c2ccc(Cl)cc2)cc1. The molecule has 1 N–H and O–H groups in total. The number of anilines is 1. The van der Waals surface area contributed by atoms with Crippen LogP contribution >= 0.6 is 27.5 Å². The van der Waals surface area contributed by atoms with Gasteiger partial charge in [0.25, 0.3) is 15.9 Å². The van der Waals surface area contributed by atoms with Gasteiger partial charge in [-0.3, -0.25) is 9.10 Å². The molecule has 0 unspecified atom stereocenters. The van der Waals surface area contributed by atoms with Crippen LogP contribution in [0, 0.1) is 0 Å². The molecule has 0 aliphatic carbocycles. The van der Waals surface area contributed by atoms with Gasteiger partial charge in [0.1, 0.15) is 12.3 Å². The topological polar surface area (TPSA) is 107 Å². The molecule has 3 aromatic carbocycles. The van der Waals surface area contributed by atoms with E-state index in [1.54, 1.807) is 36.4 Å². The van der Waals surface area contributed by atoms with Gasteiger partial charge in [-0.15, -0.1) is 0 Å². The largest absolute Gasteiger partial charge is 0.494 e. The van der Waals surface area contributed by atoms with Gasteiger partial charge in [0.15, 0.2) is 11.5 Å². The quantitative estimate of drug-likeness (QED) is 0.245. The predicted molar refractivity (Wildman–Crippen MR) is 147 cm³/mol. The van der Waals surface area contributed by atoms with Crippen LogP contribution < -0.4 is 23.9 Å². The molecule has 0 saturated carbocycles. The number of methoxy groups -OCH3 is 2.